The molecule has 3 rings (SSSR count). The first-order chi connectivity index (χ1) is 9.65. The molecule has 1 aliphatic heterocycles. The molecule has 0 bridgehead atoms. The largest absolute Gasteiger partial charge is 0.391 e. The summed E-state index contributed by atoms with van der Waals surface area (Å²) in [4.78, 5) is 9.00. The topological polar surface area (TPSA) is 39.6 Å². The van der Waals surface area contributed by atoms with Crippen LogP contribution in [0.2, 0.25) is 0 Å². The standard InChI is InChI=1S/C16H21N3O/c1-18(2)10-13-9-14(20)11-19(13)16-15-6-4-3-5-12(15)7-8-17-16/h3-8,13-14,20H,9-11H2,1-2H3. The average Bonchev–Trinajstić information content (AvgIpc) is 2.78. The summed E-state index contributed by atoms with van der Waals surface area (Å²) in [5, 5.41) is 12.4. The summed E-state index contributed by atoms with van der Waals surface area (Å²) >= 11 is 0. The number of benzene rings is 1. The van der Waals surface area contributed by atoms with Gasteiger partial charge in [-0.25, -0.2) is 4.98 Å². The van der Waals surface area contributed by atoms with E-state index in [0.29, 0.717) is 12.6 Å². The van der Waals surface area contributed by atoms with Gasteiger partial charge in [-0.15, -0.1) is 0 Å². The molecule has 1 aromatic heterocycles. The van der Waals surface area contributed by atoms with Gasteiger partial charge in [0.25, 0.3) is 0 Å². The number of hydrogen-bond donors (Lipinski definition) is 1. The molecule has 1 fully saturated rings. The van der Waals surface area contributed by atoms with Crippen molar-refractivity contribution in [1.82, 2.24) is 9.88 Å². The van der Waals surface area contributed by atoms with Gasteiger partial charge in [0.15, 0.2) is 0 Å². The van der Waals surface area contributed by atoms with Crippen LogP contribution in [0.3, 0.4) is 0 Å². The molecule has 0 saturated carbocycles. The molecular formula is C16H21N3O. The number of β-amino-alcohol motifs (C(OH)–C–C–N with tert-alkyl or cyclic N) is 1. The van der Waals surface area contributed by atoms with Gasteiger partial charge in [-0.3, -0.25) is 0 Å². The quantitative estimate of drug-likeness (QED) is 0.923. The number of pyridine rings is 1. The number of aromatic nitrogens is 1. The summed E-state index contributed by atoms with van der Waals surface area (Å²) in [5.74, 6) is 0.992. The van der Waals surface area contributed by atoms with E-state index in [0.717, 1.165) is 24.2 Å². The monoisotopic (exact) mass is 271 g/mol. The SMILES string of the molecule is CN(C)CC1CC(O)CN1c1nccc2ccccc12. The van der Waals surface area contributed by atoms with Gasteiger partial charge in [0, 0.05) is 30.7 Å². The number of fused-ring (bicyclic) bond motifs is 1. The van der Waals surface area contributed by atoms with Gasteiger partial charge in [0.2, 0.25) is 0 Å². The van der Waals surface area contributed by atoms with Crippen molar-refractivity contribution < 1.29 is 5.11 Å². The van der Waals surface area contributed by atoms with Crippen LogP contribution in [0.25, 0.3) is 10.8 Å². The number of nitrogens with zero attached hydrogens (tertiary/aromatic N) is 3. The van der Waals surface area contributed by atoms with Gasteiger partial charge in [-0.2, -0.15) is 0 Å². The Bertz CT molecular complexity index is 594. The van der Waals surface area contributed by atoms with E-state index in [-0.39, 0.29) is 6.10 Å². The molecule has 2 unspecified atom stereocenters. The first-order valence-corrected chi connectivity index (χ1v) is 7.08. The predicted molar refractivity (Wildman–Crippen MR) is 82.1 cm³/mol. The van der Waals surface area contributed by atoms with Crippen molar-refractivity contribution in [3.05, 3.63) is 36.5 Å². The van der Waals surface area contributed by atoms with E-state index in [9.17, 15) is 5.11 Å². The second-order valence-electron chi connectivity index (χ2n) is 5.81. The van der Waals surface area contributed by atoms with Crippen molar-refractivity contribution in [3.8, 4) is 0 Å². The van der Waals surface area contributed by atoms with Crippen LogP contribution < -0.4 is 4.90 Å². The van der Waals surface area contributed by atoms with Crippen LogP contribution >= 0.6 is 0 Å². The lowest BCUT2D eigenvalue weighted by molar-refractivity contribution is 0.191. The molecule has 1 saturated heterocycles. The van der Waals surface area contributed by atoms with Gasteiger partial charge >= 0.3 is 0 Å². The minimum atomic E-state index is -0.263. The summed E-state index contributed by atoms with van der Waals surface area (Å²) < 4.78 is 0. The predicted octanol–water partition coefficient (Wildman–Crippen LogP) is 1.74. The zero-order chi connectivity index (χ0) is 14.1. The van der Waals surface area contributed by atoms with Crippen molar-refractivity contribution in [1.29, 1.82) is 0 Å². The molecule has 0 amide bonds. The van der Waals surface area contributed by atoms with E-state index in [1.165, 1.54) is 5.39 Å². The first-order valence-electron chi connectivity index (χ1n) is 7.08. The molecule has 1 aliphatic rings. The molecule has 106 valence electrons. The van der Waals surface area contributed by atoms with Gasteiger partial charge in [0.05, 0.1) is 6.10 Å². The van der Waals surface area contributed by atoms with E-state index in [2.05, 4.69) is 41.0 Å². The van der Waals surface area contributed by atoms with Crippen molar-refractivity contribution in [2.75, 3.05) is 32.1 Å². The van der Waals surface area contributed by atoms with Crippen molar-refractivity contribution in [3.63, 3.8) is 0 Å². The molecule has 1 N–H and O–H groups in total. The molecule has 1 aromatic carbocycles. The van der Waals surface area contributed by atoms with Gasteiger partial charge in [-0.05, 0) is 32.0 Å². The molecule has 0 aliphatic carbocycles. The lowest BCUT2D eigenvalue weighted by atomic mass is 10.1. The first kappa shape index (κ1) is 13.3. The van der Waals surface area contributed by atoms with Crippen LogP contribution in [-0.2, 0) is 0 Å². The molecular weight excluding hydrogens is 250 g/mol. The Morgan fingerprint density at radius 2 is 2.10 bits per heavy atom. The fourth-order valence-corrected chi connectivity index (χ4v) is 3.08. The number of likely N-dealkylation sites (N-methyl/N-ethyl adjacent to an activating group) is 1. The van der Waals surface area contributed by atoms with E-state index >= 15 is 0 Å². The van der Waals surface area contributed by atoms with Gasteiger partial charge in [-0.1, -0.05) is 24.3 Å². The lowest BCUT2D eigenvalue weighted by Crippen LogP contribution is -2.38. The second-order valence-corrected chi connectivity index (χ2v) is 5.81. The molecule has 20 heavy (non-hydrogen) atoms. The summed E-state index contributed by atoms with van der Waals surface area (Å²) in [7, 11) is 4.14. The minimum absolute atomic E-state index is 0.263. The van der Waals surface area contributed by atoms with Crippen LogP contribution in [0.5, 0.6) is 0 Å². The second kappa shape index (κ2) is 5.38. The lowest BCUT2D eigenvalue weighted by Gasteiger charge is -2.28. The highest BCUT2D eigenvalue weighted by molar-refractivity contribution is 5.92. The minimum Gasteiger partial charge on any atom is -0.391 e. The van der Waals surface area contributed by atoms with Crippen LogP contribution in [0.1, 0.15) is 6.42 Å². The summed E-state index contributed by atoms with van der Waals surface area (Å²) in [6.07, 6.45) is 2.40. The Hall–Kier alpha value is -1.65. The Morgan fingerprint density at radius 3 is 2.90 bits per heavy atom. The third-order valence-electron chi connectivity index (χ3n) is 3.89. The fourth-order valence-electron chi connectivity index (χ4n) is 3.08. The van der Waals surface area contributed by atoms with E-state index < -0.39 is 0 Å². The zero-order valence-electron chi connectivity index (χ0n) is 12.0. The third kappa shape index (κ3) is 2.49. The van der Waals surface area contributed by atoms with E-state index in [1.54, 1.807) is 0 Å². The van der Waals surface area contributed by atoms with Crippen molar-refractivity contribution >= 4 is 16.6 Å². The Balaban J connectivity index is 2.00. The van der Waals surface area contributed by atoms with E-state index in [4.69, 9.17) is 0 Å². The third-order valence-corrected chi connectivity index (χ3v) is 3.89. The highest BCUT2D eigenvalue weighted by Gasteiger charge is 2.32. The highest BCUT2D eigenvalue weighted by atomic mass is 16.3. The number of hydrogen-bond acceptors (Lipinski definition) is 4. The fraction of sp³-hybridized carbons (Fsp3) is 0.438. The van der Waals surface area contributed by atoms with Crippen LogP contribution in [0, 0.1) is 0 Å². The van der Waals surface area contributed by atoms with Gasteiger partial charge in [0.1, 0.15) is 5.82 Å². The number of aliphatic hydroxyl groups is 1. The van der Waals surface area contributed by atoms with Crippen LogP contribution in [0.4, 0.5) is 5.82 Å². The Morgan fingerprint density at radius 1 is 1.30 bits per heavy atom. The summed E-state index contributed by atoms with van der Waals surface area (Å²) in [6.45, 7) is 1.60. The van der Waals surface area contributed by atoms with Crippen LogP contribution in [0.15, 0.2) is 36.5 Å². The molecule has 0 spiro atoms. The molecule has 4 heteroatoms. The van der Waals surface area contributed by atoms with Crippen LogP contribution in [-0.4, -0.2) is 54.3 Å². The smallest absolute Gasteiger partial charge is 0.136 e. The molecule has 2 atom stereocenters. The number of anilines is 1. The molecule has 2 heterocycles. The summed E-state index contributed by atoms with van der Waals surface area (Å²) in [5.41, 5.74) is 0. The average molecular weight is 271 g/mol. The maximum Gasteiger partial charge on any atom is 0.136 e. The van der Waals surface area contributed by atoms with Gasteiger partial charge < -0.3 is 14.9 Å². The zero-order valence-corrected chi connectivity index (χ0v) is 12.0. The molecule has 0 radical (unpaired) electrons. The molecule has 4 nitrogen and oxygen atoms in total. The van der Waals surface area contributed by atoms with Crippen molar-refractivity contribution in [2.45, 2.75) is 18.6 Å². The number of aliphatic hydroxyl groups excluding tert-OH is 1. The van der Waals surface area contributed by atoms with E-state index in [1.807, 2.05) is 24.4 Å². The Kier molecular flexibility index (Phi) is 3.59. The highest BCUT2D eigenvalue weighted by Crippen LogP contribution is 2.30. The summed E-state index contributed by atoms with van der Waals surface area (Å²) in [6, 6.07) is 10.6. The Labute approximate surface area is 119 Å². The molecule has 2 aromatic rings. The maximum absolute atomic E-state index is 10.0. The number of rotatable bonds is 3. The maximum atomic E-state index is 10.0. The van der Waals surface area contributed by atoms with Crippen molar-refractivity contribution in [2.24, 2.45) is 0 Å². The normalized spacial score (nSPS) is 22.9.